The molecule has 0 spiro atoms. The van der Waals surface area contributed by atoms with E-state index in [-0.39, 0.29) is 19.3 Å². The number of unbranched alkanes of at least 4 members (excludes halogenated alkanes) is 44. The van der Waals surface area contributed by atoms with Crippen LogP contribution >= 0.6 is 7.82 Å². The number of aliphatic hydroxyl groups excluding tert-OH is 10. The topological polar surface area (TPSA) is 374 Å². The highest BCUT2D eigenvalue weighted by atomic mass is 31.2. The maximum atomic E-state index is 14.4. The number of rotatable bonds is 65. The van der Waals surface area contributed by atoms with Gasteiger partial charge in [-0.05, 0) is 19.3 Å². The minimum Gasteiger partial charge on any atom is -0.463 e. The van der Waals surface area contributed by atoms with Gasteiger partial charge in [0, 0.05) is 19.3 Å². The molecular formula is C77H145O24P. The van der Waals surface area contributed by atoms with Crippen LogP contribution in [0.5, 0.6) is 0 Å². The minimum atomic E-state index is -5.69. The van der Waals surface area contributed by atoms with E-state index in [1.165, 1.54) is 193 Å². The fourth-order valence-corrected chi connectivity index (χ4v) is 14.7. The van der Waals surface area contributed by atoms with Crippen LogP contribution in [0.3, 0.4) is 0 Å². The van der Waals surface area contributed by atoms with Crippen molar-refractivity contribution in [1.82, 2.24) is 0 Å². The average Bonchev–Trinajstić information content (AvgIpc) is 0.761. The third-order valence-electron chi connectivity index (χ3n) is 20.4. The Hall–Kier alpha value is -2.04. The molecule has 0 aromatic carbocycles. The first-order chi connectivity index (χ1) is 49.3. The summed E-state index contributed by atoms with van der Waals surface area (Å²) in [7, 11) is -5.69. The van der Waals surface area contributed by atoms with E-state index in [9.17, 15) is 74.9 Å². The molecule has 2 heterocycles. The zero-order valence-corrected chi connectivity index (χ0v) is 64.1. The predicted octanol–water partition coefficient (Wildman–Crippen LogP) is 12.5. The summed E-state index contributed by atoms with van der Waals surface area (Å²) in [5.74, 6) is -1.97. The Labute approximate surface area is 612 Å². The van der Waals surface area contributed by atoms with Crippen LogP contribution in [0, 0.1) is 0 Å². The molecule has 2 saturated heterocycles. The molecule has 2 aliphatic heterocycles. The summed E-state index contributed by atoms with van der Waals surface area (Å²) in [6.45, 7) is 3.51. The second kappa shape index (κ2) is 58.9. The van der Waals surface area contributed by atoms with E-state index in [1.54, 1.807) is 0 Å². The van der Waals surface area contributed by atoms with Gasteiger partial charge >= 0.3 is 25.7 Å². The fourth-order valence-electron chi connectivity index (χ4n) is 13.8. The van der Waals surface area contributed by atoms with Crippen LogP contribution in [-0.2, 0) is 61.2 Å². The van der Waals surface area contributed by atoms with E-state index in [2.05, 4.69) is 20.8 Å². The summed E-state index contributed by atoms with van der Waals surface area (Å²) < 4.78 is 65.2. The van der Waals surface area contributed by atoms with Crippen LogP contribution in [0.4, 0.5) is 0 Å². The van der Waals surface area contributed by atoms with Crippen molar-refractivity contribution in [1.29, 1.82) is 0 Å². The molecule has 0 aromatic rings. The number of carbonyl (C=O) groups is 3. The number of carbonyl (C=O) groups excluding carboxylic acids is 3. The van der Waals surface area contributed by atoms with Crippen molar-refractivity contribution in [3.63, 3.8) is 0 Å². The maximum Gasteiger partial charge on any atom is 0.472 e. The van der Waals surface area contributed by atoms with E-state index in [0.29, 0.717) is 19.3 Å². The summed E-state index contributed by atoms with van der Waals surface area (Å²) in [5, 5.41) is 110. The van der Waals surface area contributed by atoms with Crippen LogP contribution < -0.4 is 0 Å². The largest absolute Gasteiger partial charge is 0.472 e. The van der Waals surface area contributed by atoms with Crippen molar-refractivity contribution in [3.8, 4) is 0 Å². The number of hydrogen-bond acceptors (Lipinski definition) is 23. The van der Waals surface area contributed by atoms with E-state index < -0.39 is 156 Å². The lowest BCUT2D eigenvalue weighted by Crippen LogP contribution is -2.69. The Morgan fingerprint density at radius 2 is 0.627 bits per heavy atom. The summed E-state index contributed by atoms with van der Waals surface area (Å²) in [4.78, 5) is 51.1. The smallest absolute Gasteiger partial charge is 0.463 e. The van der Waals surface area contributed by atoms with Crippen LogP contribution in [0.2, 0.25) is 0 Å². The van der Waals surface area contributed by atoms with Gasteiger partial charge in [-0.25, -0.2) is 4.57 Å². The van der Waals surface area contributed by atoms with E-state index >= 15 is 0 Å². The van der Waals surface area contributed by atoms with Gasteiger partial charge in [-0.3, -0.25) is 23.4 Å². The number of hydrogen-bond donors (Lipinski definition) is 11. The Morgan fingerprint density at radius 3 is 0.961 bits per heavy atom. The highest BCUT2D eigenvalue weighted by Gasteiger charge is 2.58. The van der Waals surface area contributed by atoms with Crippen LogP contribution in [0.25, 0.3) is 0 Å². The van der Waals surface area contributed by atoms with Crippen molar-refractivity contribution in [2.45, 2.75) is 446 Å². The van der Waals surface area contributed by atoms with Gasteiger partial charge in [0.2, 0.25) is 0 Å². The molecular weight excluding hydrogens is 1340 g/mol. The number of aliphatic hydroxyl groups is 10. The Morgan fingerprint density at radius 1 is 0.343 bits per heavy atom. The van der Waals surface area contributed by atoms with Crippen LogP contribution in [0.1, 0.15) is 342 Å². The normalized spacial score (nSPS) is 27.0. The number of ether oxygens (including phenoxy) is 7. The minimum absolute atomic E-state index is 0.0331. The van der Waals surface area contributed by atoms with Gasteiger partial charge in [-0.2, -0.15) is 0 Å². The molecule has 602 valence electrons. The quantitative estimate of drug-likeness (QED) is 0.0117. The van der Waals surface area contributed by atoms with E-state index in [4.69, 9.17) is 42.2 Å². The standard InChI is InChI=1S/C77H145O24P/c1-4-7-10-13-16-19-22-25-27-29-31-34-36-39-42-45-48-51-61(79)93-55-58(96-63(81)53-50-47-44-41-38-33-24-21-18-15-12-9-6-3)56-95-102(91,92)101-75-73(99-76-71(89)66(84)64(82)59(54-78)97-76)69(87)68(86)70(88)74(75)100-77-72(90)67(85)65(83)60(98-77)57-94-62(80)52-49-46-43-40-37-35-32-30-28-26-23-20-17-14-11-8-5-2/h58-60,64-78,82-90H,4-57H2,1-3H3,(H,91,92). The molecule has 0 bridgehead atoms. The molecule has 25 heteroatoms. The van der Waals surface area contributed by atoms with Gasteiger partial charge in [0.15, 0.2) is 18.7 Å². The van der Waals surface area contributed by atoms with Crippen molar-refractivity contribution >= 4 is 25.7 Å². The van der Waals surface area contributed by atoms with Gasteiger partial charge in [0.25, 0.3) is 0 Å². The average molecular weight is 1490 g/mol. The summed E-state index contributed by atoms with van der Waals surface area (Å²) in [6.07, 6.45) is 18.5. The SMILES string of the molecule is CCCCCCCCCCCCCCCCCCCC(=O)OCC(COP(=O)(O)OC1C(OC2OC(CO)C(O)C(O)C2O)C(O)C(O)C(O)C1OC1OC(COC(=O)CCCCCCCCCCCCCCCCCCC)C(O)C(O)C1O)OC(=O)CCCCCCCCCCCCCCC. The Balaban J connectivity index is 1.69. The fraction of sp³-hybridized carbons (Fsp3) is 0.961. The lowest BCUT2D eigenvalue weighted by Gasteiger charge is -2.49. The highest BCUT2D eigenvalue weighted by molar-refractivity contribution is 7.47. The highest BCUT2D eigenvalue weighted by Crippen LogP contribution is 2.49. The summed E-state index contributed by atoms with van der Waals surface area (Å²) in [5.41, 5.74) is 0. The first kappa shape index (κ1) is 94.2. The van der Waals surface area contributed by atoms with Gasteiger partial charge in [-0.15, -0.1) is 0 Å². The summed E-state index contributed by atoms with van der Waals surface area (Å²) >= 11 is 0. The Kier molecular flexibility index (Phi) is 54.4. The number of phosphoric acid groups is 1. The molecule has 1 saturated carbocycles. The molecule has 0 aromatic heterocycles. The number of esters is 3. The van der Waals surface area contributed by atoms with Crippen molar-refractivity contribution in [2.24, 2.45) is 0 Å². The van der Waals surface area contributed by atoms with Gasteiger partial charge in [0.05, 0.1) is 13.2 Å². The molecule has 18 atom stereocenters. The second-order valence-electron chi connectivity index (χ2n) is 29.5. The first-order valence-corrected chi connectivity index (χ1v) is 42.3. The maximum absolute atomic E-state index is 14.4. The summed E-state index contributed by atoms with van der Waals surface area (Å²) in [6, 6.07) is 0. The van der Waals surface area contributed by atoms with Gasteiger partial charge < -0.3 is 89.1 Å². The third kappa shape index (κ3) is 41.0. The molecule has 3 aliphatic rings. The van der Waals surface area contributed by atoms with Gasteiger partial charge in [0.1, 0.15) is 98.7 Å². The van der Waals surface area contributed by atoms with Gasteiger partial charge in [-0.1, -0.05) is 303 Å². The molecule has 1 aliphatic carbocycles. The molecule has 18 unspecified atom stereocenters. The van der Waals surface area contributed by atoms with Crippen molar-refractivity contribution in [2.75, 3.05) is 26.4 Å². The van der Waals surface area contributed by atoms with E-state index in [0.717, 1.165) is 89.9 Å². The lowest BCUT2D eigenvalue weighted by molar-refractivity contribution is -0.360. The van der Waals surface area contributed by atoms with Crippen molar-refractivity contribution < 1.29 is 117 Å². The molecule has 3 fully saturated rings. The lowest BCUT2D eigenvalue weighted by atomic mass is 9.84. The predicted molar refractivity (Wildman–Crippen MR) is 389 cm³/mol. The van der Waals surface area contributed by atoms with Crippen molar-refractivity contribution in [3.05, 3.63) is 0 Å². The molecule has 102 heavy (non-hydrogen) atoms. The molecule has 24 nitrogen and oxygen atoms in total. The third-order valence-corrected chi connectivity index (χ3v) is 21.4. The molecule has 0 amide bonds. The second-order valence-corrected chi connectivity index (χ2v) is 30.9. The zero-order valence-electron chi connectivity index (χ0n) is 63.2. The molecule has 3 rings (SSSR count). The van der Waals surface area contributed by atoms with Crippen LogP contribution in [0.15, 0.2) is 0 Å². The number of phosphoric ester groups is 1. The van der Waals surface area contributed by atoms with E-state index in [1.807, 2.05) is 0 Å². The monoisotopic (exact) mass is 1480 g/mol. The Bertz CT molecular complexity index is 2100. The molecule has 0 radical (unpaired) electrons. The first-order valence-electron chi connectivity index (χ1n) is 40.8. The van der Waals surface area contributed by atoms with Crippen LogP contribution in [-0.4, -0.2) is 204 Å². The zero-order chi connectivity index (χ0) is 74.6. The molecule has 11 N–H and O–H groups in total.